The highest BCUT2D eigenvalue weighted by atomic mass is 19.1. The van der Waals surface area contributed by atoms with E-state index in [0.717, 1.165) is 12.1 Å². The van der Waals surface area contributed by atoms with Gasteiger partial charge in [0.15, 0.2) is 11.6 Å². The Balaban J connectivity index is 2.15. The van der Waals surface area contributed by atoms with Crippen LogP contribution in [0.15, 0.2) is 36.4 Å². The van der Waals surface area contributed by atoms with Crippen LogP contribution in [0.3, 0.4) is 0 Å². The summed E-state index contributed by atoms with van der Waals surface area (Å²) in [6.07, 6.45) is -0.312. The molecule has 0 heterocycles. The van der Waals surface area contributed by atoms with Crippen LogP contribution in [-0.2, 0) is 16.0 Å². The lowest BCUT2D eigenvalue weighted by molar-refractivity contribution is -0.134. The van der Waals surface area contributed by atoms with Crippen LogP contribution in [-0.4, -0.2) is 25.0 Å². The van der Waals surface area contributed by atoms with Crippen molar-refractivity contribution in [2.45, 2.75) is 6.42 Å². The monoisotopic (exact) mass is 364 g/mol. The Morgan fingerprint density at radius 2 is 1.73 bits per heavy atom. The molecule has 2 rings (SSSR count). The van der Waals surface area contributed by atoms with Crippen molar-refractivity contribution in [2.24, 2.45) is 5.84 Å². The molecule has 0 unspecified atom stereocenters. The van der Waals surface area contributed by atoms with Gasteiger partial charge < -0.3 is 9.47 Å². The Bertz CT molecular complexity index is 853. The third-order valence-corrected chi connectivity index (χ3v) is 3.36. The van der Waals surface area contributed by atoms with Crippen LogP contribution in [0, 0.1) is 11.6 Å². The van der Waals surface area contributed by atoms with Crippen molar-refractivity contribution in [2.75, 3.05) is 7.11 Å². The van der Waals surface area contributed by atoms with Crippen LogP contribution in [0.5, 0.6) is 5.75 Å². The highest BCUT2D eigenvalue weighted by Gasteiger charge is 2.22. The zero-order valence-corrected chi connectivity index (χ0v) is 13.5. The molecule has 0 aliphatic carbocycles. The van der Waals surface area contributed by atoms with Gasteiger partial charge >= 0.3 is 11.9 Å². The zero-order valence-electron chi connectivity index (χ0n) is 13.5. The zero-order chi connectivity index (χ0) is 19.3. The second-order valence-electron chi connectivity index (χ2n) is 5.05. The van der Waals surface area contributed by atoms with E-state index in [2.05, 4.69) is 4.74 Å². The summed E-state index contributed by atoms with van der Waals surface area (Å²) in [6.45, 7) is 0. The average molecular weight is 364 g/mol. The van der Waals surface area contributed by atoms with Gasteiger partial charge in [-0.25, -0.2) is 19.4 Å². The van der Waals surface area contributed by atoms with Crippen LogP contribution in [0.1, 0.15) is 26.3 Å². The number of carbonyl (C=O) groups is 3. The van der Waals surface area contributed by atoms with Gasteiger partial charge in [0, 0.05) is 0 Å². The molecule has 9 heteroatoms. The van der Waals surface area contributed by atoms with E-state index in [0.29, 0.717) is 5.56 Å². The van der Waals surface area contributed by atoms with Crippen molar-refractivity contribution in [3.63, 3.8) is 0 Å². The van der Waals surface area contributed by atoms with Crippen LogP contribution >= 0.6 is 0 Å². The fraction of sp³-hybridized carbons (Fsp3) is 0.118. The Morgan fingerprint density at radius 1 is 1.08 bits per heavy atom. The van der Waals surface area contributed by atoms with Crippen LogP contribution in [0.25, 0.3) is 0 Å². The van der Waals surface area contributed by atoms with Gasteiger partial charge in [-0.05, 0) is 29.8 Å². The highest BCUT2D eigenvalue weighted by Crippen LogP contribution is 2.25. The quantitative estimate of drug-likeness (QED) is 0.274. The van der Waals surface area contributed by atoms with Crippen molar-refractivity contribution in [1.29, 1.82) is 0 Å². The number of esters is 2. The summed E-state index contributed by atoms with van der Waals surface area (Å²) in [4.78, 5) is 34.7. The normalized spacial score (nSPS) is 10.2. The predicted octanol–water partition coefficient (Wildman–Crippen LogP) is 1.50. The van der Waals surface area contributed by atoms with Crippen LogP contribution < -0.4 is 16.0 Å². The first-order valence-corrected chi connectivity index (χ1v) is 7.24. The molecule has 136 valence electrons. The molecule has 0 aliphatic rings. The van der Waals surface area contributed by atoms with E-state index < -0.39 is 40.8 Å². The highest BCUT2D eigenvalue weighted by molar-refractivity contribution is 5.94. The number of nitrogens with one attached hydrogen (secondary N) is 1. The van der Waals surface area contributed by atoms with Crippen molar-refractivity contribution < 1.29 is 32.6 Å². The van der Waals surface area contributed by atoms with Gasteiger partial charge in [-0.3, -0.25) is 15.0 Å². The predicted molar refractivity (Wildman–Crippen MR) is 85.1 cm³/mol. The lowest BCUT2D eigenvalue weighted by atomic mass is 10.1. The van der Waals surface area contributed by atoms with E-state index in [9.17, 15) is 23.2 Å². The summed E-state index contributed by atoms with van der Waals surface area (Å²) in [5.41, 5.74) is 1.85. The Morgan fingerprint density at radius 3 is 2.31 bits per heavy atom. The molecule has 0 fully saturated rings. The smallest absolute Gasteiger partial charge is 0.337 e. The molecule has 26 heavy (non-hydrogen) atoms. The summed E-state index contributed by atoms with van der Waals surface area (Å²) in [5, 5.41) is 0. The van der Waals surface area contributed by atoms with Gasteiger partial charge in [-0.1, -0.05) is 12.1 Å². The van der Waals surface area contributed by atoms with Gasteiger partial charge in [0.05, 0.1) is 24.7 Å². The standard InChI is InChI=1S/C17H14F2N2O5/c1-25-17(24)10-4-2-9(3-5-10)8-13(22)26-15-12(18)7-6-11(14(15)19)16(23)21-20/h2-7H,8,20H2,1H3,(H,21,23). The maximum absolute atomic E-state index is 14.2. The van der Waals surface area contributed by atoms with E-state index in [1.54, 1.807) is 5.43 Å². The molecule has 0 saturated heterocycles. The number of benzene rings is 2. The van der Waals surface area contributed by atoms with Crippen molar-refractivity contribution in [3.8, 4) is 5.75 Å². The second-order valence-corrected chi connectivity index (χ2v) is 5.05. The minimum atomic E-state index is -1.35. The molecular weight excluding hydrogens is 350 g/mol. The molecule has 0 bridgehead atoms. The maximum Gasteiger partial charge on any atom is 0.337 e. The van der Waals surface area contributed by atoms with Crippen LogP contribution in [0.4, 0.5) is 8.78 Å². The van der Waals surface area contributed by atoms with Gasteiger partial charge in [-0.2, -0.15) is 0 Å². The molecular formula is C17H14F2N2O5. The molecule has 3 N–H and O–H groups in total. The molecule has 0 aromatic heterocycles. The number of amides is 1. The van der Waals surface area contributed by atoms with Gasteiger partial charge in [0.25, 0.3) is 5.91 Å². The minimum absolute atomic E-state index is 0.280. The summed E-state index contributed by atoms with van der Waals surface area (Å²) in [6, 6.07) is 7.46. The molecule has 0 saturated carbocycles. The molecule has 0 atom stereocenters. The van der Waals surface area contributed by atoms with E-state index >= 15 is 0 Å². The molecule has 2 aromatic carbocycles. The Kier molecular flexibility index (Phi) is 5.97. The number of nitrogen functional groups attached to an aromatic ring is 1. The number of hydrazine groups is 1. The third-order valence-electron chi connectivity index (χ3n) is 3.36. The fourth-order valence-corrected chi connectivity index (χ4v) is 2.07. The summed E-state index contributed by atoms with van der Waals surface area (Å²) in [5.74, 6) is -1.09. The molecule has 1 amide bonds. The number of nitrogens with two attached hydrogens (primary N) is 1. The van der Waals surface area contributed by atoms with Crippen molar-refractivity contribution in [1.82, 2.24) is 5.43 Å². The van der Waals surface area contributed by atoms with Gasteiger partial charge in [0.2, 0.25) is 5.75 Å². The number of hydrogen-bond donors (Lipinski definition) is 2. The first-order valence-electron chi connectivity index (χ1n) is 7.24. The fourth-order valence-electron chi connectivity index (χ4n) is 2.07. The largest absolute Gasteiger partial charge is 0.465 e. The van der Waals surface area contributed by atoms with E-state index in [1.807, 2.05) is 0 Å². The summed E-state index contributed by atoms with van der Waals surface area (Å²) in [7, 11) is 1.23. The SMILES string of the molecule is COC(=O)c1ccc(CC(=O)Oc2c(F)ccc(C(=O)NN)c2F)cc1. The first kappa shape index (κ1) is 19.0. The van der Waals surface area contributed by atoms with Crippen LogP contribution in [0.2, 0.25) is 0 Å². The number of carbonyl (C=O) groups excluding carboxylic acids is 3. The van der Waals surface area contributed by atoms with Gasteiger partial charge in [-0.15, -0.1) is 0 Å². The topological polar surface area (TPSA) is 108 Å². The second kappa shape index (κ2) is 8.17. The van der Waals surface area contributed by atoms with Crippen molar-refractivity contribution in [3.05, 3.63) is 64.7 Å². The molecule has 2 aromatic rings. The summed E-state index contributed by atoms with van der Waals surface area (Å²) < 4.78 is 37.2. The maximum atomic E-state index is 14.2. The van der Waals surface area contributed by atoms with Crippen molar-refractivity contribution >= 4 is 17.8 Å². The Labute approximate surface area is 146 Å². The molecule has 0 radical (unpaired) electrons. The average Bonchev–Trinajstić information content (AvgIpc) is 2.64. The summed E-state index contributed by atoms with van der Waals surface area (Å²) >= 11 is 0. The lowest BCUT2D eigenvalue weighted by Gasteiger charge is -2.09. The lowest BCUT2D eigenvalue weighted by Crippen LogP contribution is -2.31. The number of halogens is 2. The molecule has 0 spiro atoms. The molecule has 7 nitrogen and oxygen atoms in total. The third kappa shape index (κ3) is 4.19. The van der Waals surface area contributed by atoms with E-state index in [-0.39, 0.29) is 12.0 Å². The van der Waals surface area contributed by atoms with Gasteiger partial charge in [0.1, 0.15) is 0 Å². The minimum Gasteiger partial charge on any atom is -0.465 e. The number of rotatable bonds is 5. The first-order chi connectivity index (χ1) is 12.4. The molecule has 0 aliphatic heterocycles. The Hall–Kier alpha value is -3.33. The number of methoxy groups -OCH3 is 1. The van der Waals surface area contributed by atoms with E-state index in [4.69, 9.17) is 10.6 Å². The van der Waals surface area contributed by atoms with E-state index in [1.165, 1.54) is 31.4 Å². The number of ether oxygens (including phenoxy) is 2. The number of hydrogen-bond acceptors (Lipinski definition) is 6.